The minimum absolute atomic E-state index is 0.0261. The highest BCUT2D eigenvalue weighted by Crippen LogP contribution is 2.33. The molecule has 0 spiro atoms. The first-order valence-corrected chi connectivity index (χ1v) is 11.3. The molecule has 4 rings (SSSR count). The van der Waals surface area contributed by atoms with Crippen LogP contribution in [0.15, 0.2) is 6.33 Å². The highest BCUT2D eigenvalue weighted by molar-refractivity contribution is 7.80. The number of ether oxygens (including phenoxy) is 1. The largest absolute Gasteiger partial charge is 0.397 e. The Labute approximate surface area is 177 Å². The molecule has 0 radical (unpaired) electrons. The fraction of sp³-hybridized carbons (Fsp3) is 0.688. The van der Waals surface area contributed by atoms with Crippen LogP contribution in [0.3, 0.4) is 0 Å². The Hall–Kier alpha value is -1.61. The second kappa shape index (κ2) is 8.49. The van der Waals surface area contributed by atoms with E-state index in [-0.39, 0.29) is 17.0 Å². The molecule has 2 aromatic rings. The van der Waals surface area contributed by atoms with Crippen LogP contribution < -0.4 is 5.32 Å². The molecule has 1 aliphatic heterocycles. The van der Waals surface area contributed by atoms with Gasteiger partial charge in [-0.25, -0.2) is 9.17 Å². The Kier molecular flexibility index (Phi) is 6.12. The average molecular weight is 464 g/mol. The van der Waals surface area contributed by atoms with Gasteiger partial charge < -0.3 is 20.3 Å². The van der Waals surface area contributed by atoms with Crippen molar-refractivity contribution in [1.82, 2.24) is 19.5 Å². The monoisotopic (exact) mass is 463 g/mol. The SMILES string of the molecule is O=S(=O)(O)OC[C@H]1O[C@@H](n2cnc3c(NC4CCCCC4)nc(Cl)nc32)[C@H](O)[C@H]1O. The Balaban J connectivity index is 1.60. The second-order valence-corrected chi connectivity index (χ2v) is 8.83. The minimum Gasteiger partial charge on any atom is -0.387 e. The van der Waals surface area contributed by atoms with Gasteiger partial charge in [-0.05, 0) is 24.4 Å². The highest BCUT2D eigenvalue weighted by Gasteiger charge is 2.45. The molecule has 2 aromatic heterocycles. The zero-order valence-corrected chi connectivity index (χ0v) is 17.3. The number of rotatable bonds is 6. The Morgan fingerprint density at radius 3 is 2.67 bits per heavy atom. The van der Waals surface area contributed by atoms with E-state index < -0.39 is 41.5 Å². The first-order chi connectivity index (χ1) is 14.2. The molecule has 1 saturated heterocycles. The number of aliphatic hydroxyl groups excluding tert-OH is 2. The van der Waals surface area contributed by atoms with Crippen LogP contribution in [0, 0.1) is 0 Å². The smallest absolute Gasteiger partial charge is 0.387 e. The number of halogens is 1. The quantitative estimate of drug-likeness (QED) is 0.350. The summed E-state index contributed by atoms with van der Waals surface area (Å²) >= 11 is 6.10. The second-order valence-electron chi connectivity index (χ2n) is 7.40. The van der Waals surface area contributed by atoms with Gasteiger partial charge in [0.15, 0.2) is 23.2 Å². The molecule has 0 aromatic carbocycles. The van der Waals surface area contributed by atoms with Crippen LogP contribution in [-0.4, -0.2) is 73.7 Å². The molecule has 1 aliphatic carbocycles. The molecule has 0 amide bonds. The molecular formula is C16H22ClN5O7S. The van der Waals surface area contributed by atoms with Crippen LogP contribution in [0.4, 0.5) is 5.82 Å². The number of anilines is 1. The van der Waals surface area contributed by atoms with Crippen molar-refractivity contribution in [3.8, 4) is 0 Å². The predicted octanol–water partition coefficient (Wildman–Crippen LogP) is 0.663. The van der Waals surface area contributed by atoms with E-state index in [2.05, 4.69) is 24.5 Å². The summed E-state index contributed by atoms with van der Waals surface area (Å²) in [6.45, 7) is -0.676. The molecular weight excluding hydrogens is 442 g/mol. The molecule has 1 saturated carbocycles. The molecule has 0 unspecified atom stereocenters. The van der Waals surface area contributed by atoms with Gasteiger partial charge in [0.25, 0.3) is 0 Å². The van der Waals surface area contributed by atoms with Crippen LogP contribution >= 0.6 is 11.6 Å². The van der Waals surface area contributed by atoms with Crippen LogP contribution in [0.25, 0.3) is 11.2 Å². The zero-order chi connectivity index (χ0) is 21.5. The minimum atomic E-state index is -4.72. The summed E-state index contributed by atoms with van der Waals surface area (Å²) in [5, 5.41) is 23.9. The molecule has 3 heterocycles. The van der Waals surface area contributed by atoms with Crippen LogP contribution in [0.1, 0.15) is 38.3 Å². The normalized spacial score (nSPS) is 28.3. The van der Waals surface area contributed by atoms with Gasteiger partial charge in [0, 0.05) is 6.04 Å². The van der Waals surface area contributed by atoms with Crippen molar-refractivity contribution in [3.63, 3.8) is 0 Å². The van der Waals surface area contributed by atoms with E-state index in [0.29, 0.717) is 11.3 Å². The van der Waals surface area contributed by atoms with E-state index in [9.17, 15) is 18.6 Å². The van der Waals surface area contributed by atoms with Gasteiger partial charge in [-0.15, -0.1) is 0 Å². The van der Waals surface area contributed by atoms with Crippen molar-refractivity contribution < 1.29 is 32.1 Å². The maximum atomic E-state index is 10.8. The third-order valence-electron chi connectivity index (χ3n) is 5.33. The van der Waals surface area contributed by atoms with E-state index in [1.807, 2.05) is 0 Å². The number of fused-ring (bicyclic) bond motifs is 1. The standard InChI is InChI=1S/C16H22ClN5O7S/c17-16-20-13(19-8-4-2-1-3-5-8)10-14(21-16)22(7-18-10)15-12(24)11(23)9(29-15)6-28-30(25,26)27/h7-9,11-12,15,23-24H,1-6H2,(H,19,20,21)(H,25,26,27)/t9-,11+,12-,15-/m1/s1. The molecule has 2 aliphatic rings. The van der Waals surface area contributed by atoms with Gasteiger partial charge in [-0.2, -0.15) is 18.4 Å². The van der Waals surface area contributed by atoms with E-state index >= 15 is 0 Å². The van der Waals surface area contributed by atoms with Crippen molar-refractivity contribution in [2.24, 2.45) is 0 Å². The van der Waals surface area contributed by atoms with E-state index in [1.54, 1.807) is 0 Å². The number of aromatic nitrogens is 4. The van der Waals surface area contributed by atoms with Gasteiger partial charge in [0.1, 0.15) is 18.3 Å². The zero-order valence-electron chi connectivity index (χ0n) is 15.8. The number of hydrogen-bond acceptors (Lipinski definition) is 10. The molecule has 0 bridgehead atoms. The fourth-order valence-corrected chi connectivity index (χ4v) is 4.34. The van der Waals surface area contributed by atoms with Crippen molar-refractivity contribution in [2.75, 3.05) is 11.9 Å². The maximum absolute atomic E-state index is 10.8. The Morgan fingerprint density at radius 2 is 1.97 bits per heavy atom. The van der Waals surface area contributed by atoms with Gasteiger partial charge in [-0.3, -0.25) is 9.12 Å². The summed E-state index contributed by atoms with van der Waals surface area (Å²) < 4.78 is 41.5. The summed E-state index contributed by atoms with van der Waals surface area (Å²) in [5.41, 5.74) is 0.703. The lowest BCUT2D eigenvalue weighted by Crippen LogP contribution is -2.34. The Bertz CT molecular complexity index is 1010. The number of nitrogens with one attached hydrogen (secondary N) is 1. The molecule has 166 valence electrons. The summed E-state index contributed by atoms with van der Waals surface area (Å²) in [6, 6.07) is 0.246. The van der Waals surface area contributed by atoms with E-state index in [4.69, 9.17) is 20.9 Å². The fourth-order valence-electron chi connectivity index (χ4n) is 3.87. The summed E-state index contributed by atoms with van der Waals surface area (Å²) in [7, 11) is -4.72. The predicted molar refractivity (Wildman–Crippen MR) is 104 cm³/mol. The van der Waals surface area contributed by atoms with Gasteiger partial charge >= 0.3 is 10.4 Å². The topological polar surface area (TPSA) is 169 Å². The summed E-state index contributed by atoms with van der Waals surface area (Å²) in [5.74, 6) is 0.468. The van der Waals surface area contributed by atoms with Crippen molar-refractivity contribution in [1.29, 1.82) is 0 Å². The van der Waals surface area contributed by atoms with E-state index in [1.165, 1.54) is 17.3 Å². The van der Waals surface area contributed by atoms with Crippen LogP contribution in [0.5, 0.6) is 0 Å². The van der Waals surface area contributed by atoms with Gasteiger partial charge in [-0.1, -0.05) is 19.3 Å². The maximum Gasteiger partial charge on any atom is 0.397 e. The van der Waals surface area contributed by atoms with E-state index in [0.717, 1.165) is 25.7 Å². The third-order valence-corrected chi connectivity index (χ3v) is 5.94. The third kappa shape index (κ3) is 4.51. The number of imidazole rings is 1. The summed E-state index contributed by atoms with van der Waals surface area (Å²) in [4.78, 5) is 12.7. The van der Waals surface area contributed by atoms with Gasteiger partial charge in [0.05, 0.1) is 12.9 Å². The van der Waals surface area contributed by atoms with Crippen LogP contribution in [-0.2, 0) is 19.3 Å². The molecule has 14 heteroatoms. The lowest BCUT2D eigenvalue weighted by atomic mass is 9.95. The number of aliphatic hydroxyl groups is 2. The van der Waals surface area contributed by atoms with Crippen molar-refractivity contribution in [2.45, 2.75) is 62.7 Å². The lowest BCUT2D eigenvalue weighted by molar-refractivity contribution is -0.0477. The number of nitrogens with zero attached hydrogens (tertiary/aromatic N) is 4. The molecule has 4 atom stereocenters. The summed E-state index contributed by atoms with van der Waals surface area (Å²) in [6.07, 6.45) is 1.61. The molecule has 2 fully saturated rings. The first kappa shape index (κ1) is 21.6. The van der Waals surface area contributed by atoms with Crippen molar-refractivity contribution in [3.05, 3.63) is 11.6 Å². The highest BCUT2D eigenvalue weighted by atomic mass is 35.5. The first-order valence-electron chi connectivity index (χ1n) is 9.53. The molecule has 30 heavy (non-hydrogen) atoms. The lowest BCUT2D eigenvalue weighted by Gasteiger charge is -2.23. The number of hydrogen-bond donors (Lipinski definition) is 4. The molecule has 4 N–H and O–H groups in total. The molecule has 12 nitrogen and oxygen atoms in total. The van der Waals surface area contributed by atoms with Crippen LogP contribution in [0.2, 0.25) is 5.28 Å². The average Bonchev–Trinajstić information content (AvgIpc) is 3.22. The van der Waals surface area contributed by atoms with Crippen molar-refractivity contribution >= 4 is 39.0 Å². The Morgan fingerprint density at radius 1 is 1.23 bits per heavy atom. The van der Waals surface area contributed by atoms with Gasteiger partial charge in [0.2, 0.25) is 5.28 Å².